The monoisotopic (exact) mass is 715 g/mol. The van der Waals surface area contributed by atoms with Gasteiger partial charge in [0, 0.05) is 13.2 Å². The SMILES string of the molecule is CCCCCCCCOCCOCCOCCOCCOCCOCCOCCOCCOCCOCCOCCOCCOCCCC. The van der Waals surface area contributed by atoms with Crippen LogP contribution in [-0.4, -0.2) is 172 Å². The van der Waals surface area contributed by atoms with Gasteiger partial charge in [-0.25, -0.2) is 0 Å². The van der Waals surface area contributed by atoms with Crippen LogP contribution in [0.25, 0.3) is 0 Å². The average molecular weight is 715 g/mol. The molecule has 0 atom stereocenters. The van der Waals surface area contributed by atoms with Crippen LogP contribution in [0.1, 0.15) is 65.2 Å². The summed E-state index contributed by atoms with van der Waals surface area (Å²) in [6.07, 6.45) is 9.93. The molecule has 0 amide bonds. The highest BCUT2D eigenvalue weighted by atomic mass is 16.6. The van der Waals surface area contributed by atoms with Gasteiger partial charge in [-0.3, -0.25) is 0 Å². The molecule has 0 aliphatic rings. The summed E-state index contributed by atoms with van der Waals surface area (Å²) in [5, 5.41) is 0. The van der Waals surface area contributed by atoms with Crippen LogP contribution in [0.3, 0.4) is 0 Å². The van der Waals surface area contributed by atoms with Gasteiger partial charge >= 0.3 is 0 Å². The Balaban J connectivity index is 3.04. The van der Waals surface area contributed by atoms with E-state index in [-0.39, 0.29) is 0 Å². The van der Waals surface area contributed by atoms with Crippen molar-refractivity contribution in [3.63, 3.8) is 0 Å². The molecule has 13 nitrogen and oxygen atoms in total. The van der Waals surface area contributed by atoms with E-state index >= 15 is 0 Å². The van der Waals surface area contributed by atoms with Crippen molar-refractivity contribution in [2.75, 3.05) is 172 Å². The van der Waals surface area contributed by atoms with Gasteiger partial charge in [0.15, 0.2) is 0 Å². The van der Waals surface area contributed by atoms with Crippen LogP contribution in [0.4, 0.5) is 0 Å². The predicted octanol–water partition coefficient (Wildman–Crippen LogP) is 4.36. The van der Waals surface area contributed by atoms with Crippen LogP contribution < -0.4 is 0 Å². The normalized spacial score (nSPS) is 11.6. The highest BCUT2D eigenvalue weighted by Gasteiger charge is 1.97. The lowest BCUT2D eigenvalue weighted by molar-refractivity contribution is -0.0290. The number of hydrogen-bond acceptors (Lipinski definition) is 13. The lowest BCUT2D eigenvalue weighted by Crippen LogP contribution is -2.15. The molecule has 0 saturated carbocycles. The van der Waals surface area contributed by atoms with E-state index in [1.165, 1.54) is 32.1 Å². The maximum atomic E-state index is 5.59. The third-order valence-corrected chi connectivity index (χ3v) is 6.75. The maximum Gasteiger partial charge on any atom is 0.0701 e. The van der Waals surface area contributed by atoms with Gasteiger partial charge in [-0.1, -0.05) is 52.4 Å². The third kappa shape index (κ3) is 47.5. The Bertz CT molecular complexity index is 517. The standard InChI is InChI=1S/C36H74O13/c1-3-5-7-8-9-10-12-38-14-16-40-18-20-42-22-24-44-26-28-46-30-32-48-34-36-49-35-33-47-31-29-45-27-25-43-23-21-41-19-17-39-15-13-37-11-6-4-2/h3-36H2,1-2H3. The summed E-state index contributed by atoms with van der Waals surface area (Å²) in [6, 6.07) is 0. The summed E-state index contributed by atoms with van der Waals surface area (Å²) in [5.74, 6) is 0. The van der Waals surface area contributed by atoms with Crippen molar-refractivity contribution in [1.82, 2.24) is 0 Å². The van der Waals surface area contributed by atoms with Crippen molar-refractivity contribution >= 4 is 0 Å². The molecule has 0 aliphatic heterocycles. The molecule has 49 heavy (non-hydrogen) atoms. The van der Waals surface area contributed by atoms with Gasteiger partial charge in [0.25, 0.3) is 0 Å². The summed E-state index contributed by atoms with van der Waals surface area (Å²) >= 11 is 0. The van der Waals surface area contributed by atoms with E-state index in [4.69, 9.17) is 61.6 Å². The Labute approximate surface area is 298 Å². The van der Waals surface area contributed by atoms with Crippen LogP contribution in [0.5, 0.6) is 0 Å². The van der Waals surface area contributed by atoms with Crippen LogP contribution in [0.15, 0.2) is 0 Å². The summed E-state index contributed by atoms with van der Waals surface area (Å²) in [5.41, 5.74) is 0. The average Bonchev–Trinajstić information content (AvgIpc) is 3.11. The molecule has 0 aromatic rings. The van der Waals surface area contributed by atoms with Crippen LogP contribution in [-0.2, 0) is 61.6 Å². The van der Waals surface area contributed by atoms with Crippen LogP contribution in [0.2, 0.25) is 0 Å². The second-order valence-electron chi connectivity index (χ2n) is 11.1. The Morgan fingerprint density at radius 1 is 0.163 bits per heavy atom. The Hall–Kier alpha value is -0.520. The molecule has 0 saturated heterocycles. The van der Waals surface area contributed by atoms with E-state index < -0.39 is 0 Å². The molecule has 0 fully saturated rings. The molecule has 0 heterocycles. The van der Waals surface area contributed by atoms with Gasteiger partial charge in [0.1, 0.15) is 0 Å². The minimum absolute atomic E-state index is 0.517. The van der Waals surface area contributed by atoms with Crippen LogP contribution in [0, 0.1) is 0 Å². The van der Waals surface area contributed by atoms with Crippen molar-refractivity contribution in [2.45, 2.75) is 65.2 Å². The van der Waals surface area contributed by atoms with Crippen LogP contribution >= 0.6 is 0 Å². The number of unbranched alkanes of at least 4 members (excludes halogenated alkanes) is 6. The Morgan fingerprint density at radius 3 is 0.551 bits per heavy atom. The van der Waals surface area contributed by atoms with Crippen molar-refractivity contribution < 1.29 is 61.6 Å². The lowest BCUT2D eigenvalue weighted by Gasteiger charge is -2.09. The van der Waals surface area contributed by atoms with E-state index in [9.17, 15) is 0 Å². The van der Waals surface area contributed by atoms with Crippen molar-refractivity contribution in [3.05, 3.63) is 0 Å². The largest absolute Gasteiger partial charge is 0.379 e. The third-order valence-electron chi connectivity index (χ3n) is 6.75. The predicted molar refractivity (Wildman–Crippen MR) is 189 cm³/mol. The molecular formula is C36H74O13. The lowest BCUT2D eigenvalue weighted by atomic mass is 10.1. The molecule has 296 valence electrons. The first-order valence-corrected chi connectivity index (χ1v) is 18.9. The fourth-order valence-corrected chi connectivity index (χ4v) is 3.97. The number of ether oxygens (including phenoxy) is 13. The zero-order valence-electron chi connectivity index (χ0n) is 31.3. The summed E-state index contributed by atoms with van der Waals surface area (Å²) in [7, 11) is 0. The fourth-order valence-electron chi connectivity index (χ4n) is 3.97. The first-order valence-electron chi connectivity index (χ1n) is 18.9. The molecule has 0 rings (SSSR count). The van der Waals surface area contributed by atoms with Crippen molar-refractivity contribution in [1.29, 1.82) is 0 Å². The Kier molecular flexibility index (Phi) is 47.0. The molecule has 0 N–H and O–H groups in total. The van der Waals surface area contributed by atoms with E-state index in [0.29, 0.717) is 159 Å². The van der Waals surface area contributed by atoms with Gasteiger partial charge in [0.05, 0.1) is 159 Å². The van der Waals surface area contributed by atoms with E-state index in [1.54, 1.807) is 0 Å². The van der Waals surface area contributed by atoms with Gasteiger partial charge in [-0.05, 0) is 12.8 Å². The number of rotatable bonds is 46. The summed E-state index contributed by atoms with van der Waals surface area (Å²) in [4.78, 5) is 0. The molecule has 0 radical (unpaired) electrons. The fraction of sp³-hybridized carbons (Fsp3) is 1.00. The molecular weight excluding hydrogens is 640 g/mol. The first kappa shape index (κ1) is 48.5. The molecule has 0 aromatic heterocycles. The van der Waals surface area contributed by atoms with E-state index in [0.717, 1.165) is 32.5 Å². The van der Waals surface area contributed by atoms with Gasteiger partial charge in [0.2, 0.25) is 0 Å². The van der Waals surface area contributed by atoms with E-state index in [1.807, 2.05) is 0 Å². The first-order chi connectivity index (χ1) is 24.4. The quantitative estimate of drug-likeness (QED) is 0.0832. The Morgan fingerprint density at radius 2 is 0.327 bits per heavy atom. The van der Waals surface area contributed by atoms with Gasteiger partial charge in [-0.2, -0.15) is 0 Å². The second kappa shape index (κ2) is 47.5. The van der Waals surface area contributed by atoms with Gasteiger partial charge < -0.3 is 61.6 Å². The summed E-state index contributed by atoms with van der Waals surface area (Å²) in [6.45, 7) is 19.2. The second-order valence-corrected chi connectivity index (χ2v) is 11.1. The minimum atomic E-state index is 0.517. The smallest absolute Gasteiger partial charge is 0.0701 e. The topological polar surface area (TPSA) is 120 Å². The highest BCUT2D eigenvalue weighted by molar-refractivity contribution is 4.44. The van der Waals surface area contributed by atoms with Crippen molar-refractivity contribution in [3.8, 4) is 0 Å². The van der Waals surface area contributed by atoms with E-state index in [2.05, 4.69) is 13.8 Å². The molecule has 13 heteroatoms. The zero-order valence-corrected chi connectivity index (χ0v) is 31.3. The molecule has 0 spiro atoms. The zero-order chi connectivity index (χ0) is 35.2. The van der Waals surface area contributed by atoms with Gasteiger partial charge in [-0.15, -0.1) is 0 Å². The molecule has 0 aromatic carbocycles. The summed E-state index contributed by atoms with van der Waals surface area (Å²) < 4.78 is 71.4. The molecule has 0 bridgehead atoms. The number of hydrogen-bond donors (Lipinski definition) is 0. The van der Waals surface area contributed by atoms with Crippen molar-refractivity contribution in [2.24, 2.45) is 0 Å². The molecule has 0 unspecified atom stereocenters. The highest BCUT2D eigenvalue weighted by Crippen LogP contribution is 2.04. The molecule has 0 aliphatic carbocycles. The minimum Gasteiger partial charge on any atom is -0.379 e. The maximum absolute atomic E-state index is 5.59.